The van der Waals surface area contributed by atoms with Gasteiger partial charge in [0, 0.05) is 60.6 Å². The minimum absolute atomic E-state index is 0.00265. The van der Waals surface area contributed by atoms with Crippen LogP contribution in [0.3, 0.4) is 0 Å². The Morgan fingerprint density at radius 3 is 2.31 bits per heavy atom. The third-order valence-electron chi connectivity index (χ3n) is 6.64. The lowest BCUT2D eigenvalue weighted by Gasteiger charge is -2.34. The van der Waals surface area contributed by atoms with E-state index in [9.17, 15) is 9.59 Å². The molecule has 1 aliphatic heterocycles. The highest BCUT2D eigenvalue weighted by Gasteiger charge is 2.30. The van der Waals surface area contributed by atoms with Crippen molar-refractivity contribution in [2.75, 3.05) is 13.1 Å². The maximum atomic E-state index is 13.4. The number of H-pyrrole nitrogens is 2. The quantitative estimate of drug-likeness (QED) is 0.447. The molecule has 4 aromatic rings. The molecule has 2 aromatic heterocycles. The summed E-state index contributed by atoms with van der Waals surface area (Å²) < 4.78 is 0. The average Bonchev–Trinajstić information content (AvgIpc) is 3.42. The molecule has 0 bridgehead atoms. The molecule has 2 aromatic carbocycles. The molecule has 1 fully saturated rings. The Morgan fingerprint density at radius 2 is 1.59 bits per heavy atom. The van der Waals surface area contributed by atoms with Crippen molar-refractivity contribution in [3.05, 3.63) is 72.1 Å². The van der Waals surface area contributed by atoms with Gasteiger partial charge in [-0.15, -0.1) is 0 Å². The van der Waals surface area contributed by atoms with Gasteiger partial charge >= 0.3 is 0 Å². The van der Waals surface area contributed by atoms with Crippen LogP contribution in [-0.4, -0.2) is 45.8 Å². The predicted molar refractivity (Wildman–Crippen MR) is 126 cm³/mol. The van der Waals surface area contributed by atoms with Gasteiger partial charge in [-0.3, -0.25) is 9.59 Å². The van der Waals surface area contributed by atoms with Gasteiger partial charge in [-0.2, -0.15) is 0 Å². The maximum Gasteiger partial charge on any atom is 0.245 e. The van der Waals surface area contributed by atoms with E-state index < -0.39 is 6.04 Å². The number of amides is 2. The molecule has 0 spiro atoms. The Bertz CT molecular complexity index is 1260. The number of aromatic nitrogens is 2. The van der Waals surface area contributed by atoms with E-state index in [1.54, 1.807) is 0 Å². The molecule has 32 heavy (non-hydrogen) atoms. The second-order valence-corrected chi connectivity index (χ2v) is 8.71. The summed E-state index contributed by atoms with van der Waals surface area (Å²) >= 11 is 0. The monoisotopic (exact) mass is 428 g/mol. The van der Waals surface area contributed by atoms with Gasteiger partial charge in [-0.1, -0.05) is 36.4 Å². The van der Waals surface area contributed by atoms with Gasteiger partial charge < -0.3 is 20.2 Å². The molecule has 6 nitrogen and oxygen atoms in total. The van der Waals surface area contributed by atoms with E-state index in [1.807, 2.05) is 41.4 Å². The zero-order valence-electron chi connectivity index (χ0n) is 18.2. The van der Waals surface area contributed by atoms with Crippen molar-refractivity contribution in [3.63, 3.8) is 0 Å². The predicted octanol–water partition coefficient (Wildman–Crippen LogP) is 4.10. The third-order valence-corrected chi connectivity index (χ3v) is 6.64. The van der Waals surface area contributed by atoms with Crippen molar-refractivity contribution in [1.29, 1.82) is 0 Å². The summed E-state index contributed by atoms with van der Waals surface area (Å²) in [7, 11) is 0. The molecule has 2 amide bonds. The molecule has 5 rings (SSSR count). The van der Waals surface area contributed by atoms with E-state index in [4.69, 9.17) is 0 Å². The summed E-state index contributed by atoms with van der Waals surface area (Å²) in [5.41, 5.74) is 4.58. The van der Waals surface area contributed by atoms with E-state index in [-0.39, 0.29) is 11.8 Å². The molecule has 0 aliphatic carbocycles. The molecule has 1 saturated heterocycles. The SMILES string of the molecule is CC(=O)NC(Cc1c[nH]c2ccccc12)C(=O)N1CCC(c2c[nH]c3ccccc23)CC1. The molecular formula is C26H28N4O2. The number of benzene rings is 2. The molecule has 3 heterocycles. The number of aromatic amines is 2. The summed E-state index contributed by atoms with van der Waals surface area (Å²) in [6.07, 6.45) is 6.38. The van der Waals surface area contributed by atoms with Crippen LogP contribution in [-0.2, 0) is 16.0 Å². The van der Waals surface area contributed by atoms with Gasteiger partial charge in [0.05, 0.1) is 0 Å². The zero-order chi connectivity index (χ0) is 22.1. The van der Waals surface area contributed by atoms with Crippen molar-refractivity contribution in [2.45, 2.75) is 38.1 Å². The first-order chi connectivity index (χ1) is 15.6. The number of likely N-dealkylation sites (tertiary alicyclic amines) is 1. The molecule has 0 saturated carbocycles. The summed E-state index contributed by atoms with van der Waals surface area (Å²) in [6.45, 7) is 2.87. The summed E-state index contributed by atoms with van der Waals surface area (Å²) in [5.74, 6) is 0.253. The van der Waals surface area contributed by atoms with Crippen molar-refractivity contribution >= 4 is 33.6 Å². The highest BCUT2D eigenvalue weighted by Crippen LogP contribution is 2.33. The summed E-state index contributed by atoms with van der Waals surface area (Å²) in [6, 6.07) is 15.8. The van der Waals surface area contributed by atoms with Gasteiger partial charge in [0.25, 0.3) is 0 Å². The van der Waals surface area contributed by atoms with Crippen LogP contribution in [0.5, 0.6) is 0 Å². The number of para-hydroxylation sites is 2. The number of nitrogens with zero attached hydrogens (tertiary/aromatic N) is 1. The largest absolute Gasteiger partial charge is 0.361 e. The Kier molecular flexibility index (Phi) is 5.43. The number of carbonyl (C=O) groups excluding carboxylic acids is 2. The Balaban J connectivity index is 1.30. The van der Waals surface area contributed by atoms with E-state index in [0.29, 0.717) is 25.4 Å². The van der Waals surface area contributed by atoms with Crippen LogP contribution in [0.4, 0.5) is 0 Å². The lowest BCUT2D eigenvalue weighted by atomic mass is 9.89. The van der Waals surface area contributed by atoms with Crippen molar-refractivity contribution in [1.82, 2.24) is 20.2 Å². The fourth-order valence-electron chi connectivity index (χ4n) is 5.03. The first-order valence-electron chi connectivity index (χ1n) is 11.3. The normalized spacial score (nSPS) is 15.8. The number of fused-ring (bicyclic) bond motifs is 2. The first-order valence-corrected chi connectivity index (χ1v) is 11.3. The maximum absolute atomic E-state index is 13.4. The van der Waals surface area contributed by atoms with Gasteiger partial charge in [0.15, 0.2) is 0 Å². The fraction of sp³-hybridized carbons (Fsp3) is 0.308. The van der Waals surface area contributed by atoms with Crippen LogP contribution in [0.15, 0.2) is 60.9 Å². The standard InChI is InChI=1S/C26H28N4O2/c1-17(31)29-25(14-19-15-27-23-8-4-2-6-20(19)23)26(32)30-12-10-18(11-13-30)22-16-28-24-9-5-3-7-21(22)24/h2-9,15-16,18,25,27-28H,10-14H2,1H3,(H,29,31). The molecule has 1 aliphatic rings. The smallest absolute Gasteiger partial charge is 0.245 e. The minimum Gasteiger partial charge on any atom is -0.361 e. The minimum atomic E-state index is -0.559. The lowest BCUT2D eigenvalue weighted by Crippen LogP contribution is -2.51. The van der Waals surface area contributed by atoms with Crippen LogP contribution in [0.1, 0.15) is 36.8 Å². The van der Waals surface area contributed by atoms with Crippen molar-refractivity contribution in [3.8, 4) is 0 Å². The van der Waals surface area contributed by atoms with Gasteiger partial charge in [-0.25, -0.2) is 0 Å². The molecule has 1 atom stereocenters. The highest BCUT2D eigenvalue weighted by molar-refractivity contribution is 5.89. The van der Waals surface area contributed by atoms with Crippen LogP contribution >= 0.6 is 0 Å². The van der Waals surface area contributed by atoms with E-state index in [0.717, 1.165) is 34.8 Å². The van der Waals surface area contributed by atoms with Gasteiger partial charge in [0.1, 0.15) is 6.04 Å². The summed E-state index contributed by atoms with van der Waals surface area (Å²) in [5, 5.41) is 5.26. The number of carbonyl (C=O) groups is 2. The number of hydrogen-bond donors (Lipinski definition) is 3. The van der Waals surface area contributed by atoms with Gasteiger partial charge in [-0.05, 0) is 42.0 Å². The van der Waals surface area contributed by atoms with Crippen LogP contribution < -0.4 is 5.32 Å². The van der Waals surface area contributed by atoms with E-state index >= 15 is 0 Å². The number of piperidine rings is 1. The summed E-state index contributed by atoms with van der Waals surface area (Å²) in [4.78, 5) is 33.8. The number of nitrogens with one attached hydrogen (secondary N) is 3. The van der Waals surface area contributed by atoms with Crippen molar-refractivity contribution < 1.29 is 9.59 Å². The van der Waals surface area contributed by atoms with Gasteiger partial charge in [0.2, 0.25) is 11.8 Å². The molecule has 6 heteroatoms. The topological polar surface area (TPSA) is 81.0 Å². The second-order valence-electron chi connectivity index (χ2n) is 8.71. The Hall–Kier alpha value is -3.54. The zero-order valence-corrected chi connectivity index (χ0v) is 18.2. The Morgan fingerprint density at radius 1 is 0.969 bits per heavy atom. The number of rotatable bonds is 5. The molecule has 0 radical (unpaired) electrons. The number of hydrogen-bond acceptors (Lipinski definition) is 2. The highest BCUT2D eigenvalue weighted by atomic mass is 16.2. The first kappa shape index (κ1) is 20.4. The lowest BCUT2D eigenvalue weighted by molar-refractivity contribution is -0.137. The van der Waals surface area contributed by atoms with Crippen LogP contribution in [0, 0.1) is 0 Å². The second kappa shape index (κ2) is 8.54. The third kappa shape index (κ3) is 3.88. The van der Waals surface area contributed by atoms with Crippen LogP contribution in [0.2, 0.25) is 0 Å². The van der Waals surface area contributed by atoms with Crippen molar-refractivity contribution in [2.24, 2.45) is 0 Å². The Labute approximate surface area is 187 Å². The van der Waals surface area contributed by atoms with E-state index in [1.165, 1.54) is 17.9 Å². The average molecular weight is 429 g/mol. The molecular weight excluding hydrogens is 400 g/mol. The molecule has 3 N–H and O–H groups in total. The van der Waals surface area contributed by atoms with E-state index in [2.05, 4.69) is 39.7 Å². The van der Waals surface area contributed by atoms with Crippen LogP contribution in [0.25, 0.3) is 21.8 Å². The molecule has 164 valence electrons. The fourth-order valence-corrected chi connectivity index (χ4v) is 5.03. The molecule has 1 unspecified atom stereocenters.